The number of aryl methyl sites for hydroxylation is 1. The molecule has 0 bridgehead atoms. The van der Waals surface area contributed by atoms with Crippen LogP contribution >= 0.6 is 11.3 Å². The molecule has 7 heteroatoms. The first kappa shape index (κ1) is 14.9. The lowest BCUT2D eigenvalue weighted by Gasteiger charge is -2.10. The van der Waals surface area contributed by atoms with Crippen LogP contribution in [0.1, 0.15) is 12.5 Å². The lowest BCUT2D eigenvalue weighted by Crippen LogP contribution is -2.15. The number of nitrogens with zero attached hydrogens (tertiary/aromatic N) is 2. The van der Waals surface area contributed by atoms with E-state index < -0.39 is 10.0 Å². The summed E-state index contributed by atoms with van der Waals surface area (Å²) in [6, 6.07) is 9.37. The summed E-state index contributed by atoms with van der Waals surface area (Å²) in [5.74, 6) is 0.0533. The molecule has 0 radical (unpaired) electrons. The fraction of sp³-hybridized carbons (Fsp3) is 0.200. The number of benzene rings is 1. The van der Waals surface area contributed by atoms with Gasteiger partial charge in [-0.25, -0.2) is 18.4 Å². The maximum absolute atomic E-state index is 11.7. The minimum absolute atomic E-state index is 0.0533. The van der Waals surface area contributed by atoms with Gasteiger partial charge in [0, 0.05) is 11.8 Å². The van der Waals surface area contributed by atoms with Gasteiger partial charge in [0.25, 0.3) is 0 Å². The van der Waals surface area contributed by atoms with Crippen molar-refractivity contribution in [3.8, 4) is 10.6 Å². The van der Waals surface area contributed by atoms with Crippen LogP contribution < -0.4 is 4.72 Å². The second-order valence-electron chi connectivity index (χ2n) is 4.88. The van der Waals surface area contributed by atoms with Crippen LogP contribution in [0.2, 0.25) is 0 Å². The van der Waals surface area contributed by atoms with Crippen LogP contribution in [0.25, 0.3) is 20.9 Å². The first-order chi connectivity index (χ1) is 10.5. The molecule has 0 aliphatic carbocycles. The van der Waals surface area contributed by atoms with E-state index in [0.29, 0.717) is 5.69 Å². The summed E-state index contributed by atoms with van der Waals surface area (Å²) < 4.78 is 25.9. The van der Waals surface area contributed by atoms with Gasteiger partial charge in [-0.05, 0) is 49.7 Å². The van der Waals surface area contributed by atoms with Crippen LogP contribution in [0, 0.1) is 6.92 Å². The maximum atomic E-state index is 11.7. The minimum atomic E-state index is -3.27. The summed E-state index contributed by atoms with van der Waals surface area (Å²) >= 11 is 1.52. The SMILES string of the molecule is CCS(=O)(=O)Nc1ccc(-c2nc3cccnc3s2)cc1C. The first-order valence-electron chi connectivity index (χ1n) is 6.81. The number of hydrogen-bond acceptors (Lipinski definition) is 5. The zero-order chi connectivity index (χ0) is 15.7. The summed E-state index contributed by atoms with van der Waals surface area (Å²) in [5.41, 5.74) is 3.29. The Labute approximate surface area is 133 Å². The molecule has 3 rings (SSSR count). The average molecular weight is 333 g/mol. The molecule has 0 fully saturated rings. The van der Waals surface area contributed by atoms with Gasteiger partial charge in [-0.1, -0.05) is 11.3 Å². The number of nitrogens with one attached hydrogen (secondary N) is 1. The molecule has 0 amide bonds. The van der Waals surface area contributed by atoms with Gasteiger partial charge in [0.15, 0.2) is 0 Å². The smallest absolute Gasteiger partial charge is 0.232 e. The van der Waals surface area contributed by atoms with Crippen LogP contribution in [0.3, 0.4) is 0 Å². The quantitative estimate of drug-likeness (QED) is 0.794. The van der Waals surface area contributed by atoms with Crippen molar-refractivity contribution in [3.05, 3.63) is 42.1 Å². The van der Waals surface area contributed by atoms with Crippen LogP contribution in [0.4, 0.5) is 5.69 Å². The molecule has 1 N–H and O–H groups in total. The third-order valence-electron chi connectivity index (χ3n) is 3.29. The lowest BCUT2D eigenvalue weighted by atomic mass is 10.1. The highest BCUT2D eigenvalue weighted by atomic mass is 32.2. The summed E-state index contributed by atoms with van der Waals surface area (Å²) in [4.78, 5) is 9.75. The summed E-state index contributed by atoms with van der Waals surface area (Å²) in [7, 11) is -3.27. The summed E-state index contributed by atoms with van der Waals surface area (Å²) in [6.07, 6.45) is 1.75. The van der Waals surface area contributed by atoms with Gasteiger partial charge in [0.2, 0.25) is 10.0 Å². The highest BCUT2D eigenvalue weighted by molar-refractivity contribution is 7.92. The molecule has 0 aliphatic rings. The Hall–Kier alpha value is -1.99. The van der Waals surface area contributed by atoms with Gasteiger partial charge in [-0.3, -0.25) is 4.72 Å². The van der Waals surface area contributed by atoms with E-state index in [0.717, 1.165) is 26.5 Å². The molecule has 0 spiro atoms. The number of sulfonamides is 1. The summed E-state index contributed by atoms with van der Waals surface area (Å²) in [6.45, 7) is 3.49. The van der Waals surface area contributed by atoms with E-state index in [1.807, 2.05) is 31.2 Å². The number of pyridine rings is 1. The van der Waals surface area contributed by atoms with Crippen molar-refractivity contribution in [2.24, 2.45) is 0 Å². The lowest BCUT2D eigenvalue weighted by molar-refractivity contribution is 0.602. The van der Waals surface area contributed by atoms with E-state index in [2.05, 4.69) is 14.7 Å². The topological polar surface area (TPSA) is 72.0 Å². The molecule has 0 unspecified atom stereocenters. The van der Waals surface area contributed by atoms with Crippen molar-refractivity contribution in [3.63, 3.8) is 0 Å². The van der Waals surface area contributed by atoms with Crippen LogP contribution in [0.5, 0.6) is 0 Å². The van der Waals surface area contributed by atoms with Gasteiger partial charge in [0.05, 0.1) is 11.4 Å². The second-order valence-corrected chi connectivity index (χ2v) is 7.87. The number of thiazole rings is 1. The molecular formula is C15H15N3O2S2. The molecule has 0 saturated carbocycles. The Morgan fingerprint density at radius 2 is 2.09 bits per heavy atom. The predicted molar refractivity (Wildman–Crippen MR) is 90.7 cm³/mol. The van der Waals surface area contributed by atoms with E-state index >= 15 is 0 Å². The minimum Gasteiger partial charge on any atom is -0.283 e. The monoisotopic (exact) mass is 333 g/mol. The van der Waals surface area contributed by atoms with E-state index in [1.165, 1.54) is 11.3 Å². The van der Waals surface area contributed by atoms with Crippen molar-refractivity contribution < 1.29 is 8.42 Å². The first-order valence-corrected chi connectivity index (χ1v) is 9.28. The second kappa shape index (κ2) is 5.66. The number of aromatic nitrogens is 2. The zero-order valence-corrected chi connectivity index (χ0v) is 13.8. The molecule has 22 heavy (non-hydrogen) atoms. The largest absolute Gasteiger partial charge is 0.283 e. The molecule has 3 aromatic rings. The normalized spacial score (nSPS) is 11.7. The molecule has 2 aromatic heterocycles. The van der Waals surface area contributed by atoms with Crippen molar-refractivity contribution in [1.82, 2.24) is 9.97 Å². The molecule has 2 heterocycles. The van der Waals surface area contributed by atoms with Crippen LogP contribution in [0.15, 0.2) is 36.5 Å². The van der Waals surface area contributed by atoms with E-state index in [1.54, 1.807) is 19.2 Å². The molecule has 0 atom stereocenters. The Balaban J connectivity index is 1.97. The Morgan fingerprint density at radius 1 is 1.27 bits per heavy atom. The highest BCUT2D eigenvalue weighted by Gasteiger charge is 2.11. The predicted octanol–water partition coefficient (Wildman–Crippen LogP) is 3.43. The number of fused-ring (bicyclic) bond motifs is 1. The van der Waals surface area contributed by atoms with E-state index in [4.69, 9.17) is 0 Å². The van der Waals surface area contributed by atoms with Gasteiger partial charge in [0.1, 0.15) is 15.4 Å². The number of hydrogen-bond donors (Lipinski definition) is 1. The van der Waals surface area contributed by atoms with Crippen molar-refractivity contribution in [2.45, 2.75) is 13.8 Å². The molecule has 0 aliphatic heterocycles. The van der Waals surface area contributed by atoms with Gasteiger partial charge < -0.3 is 0 Å². The standard InChI is InChI=1S/C15H15N3O2S2/c1-3-22(19,20)18-12-7-6-11(9-10(12)2)14-17-13-5-4-8-16-15(13)21-14/h4-9,18H,3H2,1-2H3. The summed E-state index contributed by atoms with van der Waals surface area (Å²) in [5, 5.41) is 0.877. The Morgan fingerprint density at radius 3 is 2.77 bits per heavy atom. The van der Waals surface area contributed by atoms with E-state index in [9.17, 15) is 8.42 Å². The van der Waals surface area contributed by atoms with Crippen LogP contribution in [-0.4, -0.2) is 24.1 Å². The molecule has 114 valence electrons. The Bertz CT molecular complexity index is 900. The fourth-order valence-corrected chi connectivity index (χ4v) is 3.66. The van der Waals surface area contributed by atoms with Crippen LogP contribution in [-0.2, 0) is 10.0 Å². The van der Waals surface area contributed by atoms with Crippen molar-refractivity contribution in [2.75, 3.05) is 10.5 Å². The van der Waals surface area contributed by atoms with Crippen molar-refractivity contribution in [1.29, 1.82) is 0 Å². The van der Waals surface area contributed by atoms with Gasteiger partial charge in [-0.15, -0.1) is 0 Å². The van der Waals surface area contributed by atoms with Crippen molar-refractivity contribution >= 4 is 37.4 Å². The maximum Gasteiger partial charge on any atom is 0.232 e. The molecular weight excluding hydrogens is 318 g/mol. The molecule has 0 saturated heterocycles. The number of anilines is 1. The number of rotatable bonds is 4. The Kier molecular flexibility index (Phi) is 3.84. The molecule has 5 nitrogen and oxygen atoms in total. The van der Waals surface area contributed by atoms with Gasteiger partial charge in [-0.2, -0.15) is 0 Å². The fourth-order valence-electron chi connectivity index (χ4n) is 2.04. The van der Waals surface area contributed by atoms with Gasteiger partial charge >= 0.3 is 0 Å². The zero-order valence-electron chi connectivity index (χ0n) is 12.2. The third kappa shape index (κ3) is 2.95. The molecule has 1 aromatic carbocycles. The third-order valence-corrected chi connectivity index (χ3v) is 5.60. The average Bonchev–Trinajstić information content (AvgIpc) is 2.93. The highest BCUT2D eigenvalue weighted by Crippen LogP contribution is 2.31. The van der Waals surface area contributed by atoms with E-state index in [-0.39, 0.29) is 5.75 Å².